The second kappa shape index (κ2) is 18.7. The summed E-state index contributed by atoms with van der Waals surface area (Å²) in [6.45, 7) is 14.7. The zero-order chi connectivity index (χ0) is 24.4. The number of ether oxygens (including phenoxy) is 3. The summed E-state index contributed by atoms with van der Waals surface area (Å²) in [7, 11) is 0. The second-order valence-corrected chi connectivity index (χ2v) is 9.28. The zero-order valence-electron chi connectivity index (χ0n) is 21.0. The molecule has 186 valence electrons. The van der Waals surface area contributed by atoms with Gasteiger partial charge in [0.2, 0.25) is 0 Å². The standard InChI is InChI=1S/C26H46O6/c1-7-22(25(28)30-19-13-11-15-21(5)6)16-17-23(32-24(27)8-2)26(29)31-18-12-9-10-14-20(3)4/h8,20-23H,2,7,9-19H2,1,3-6H3. The van der Waals surface area contributed by atoms with E-state index in [1.54, 1.807) is 0 Å². The molecule has 0 aliphatic heterocycles. The van der Waals surface area contributed by atoms with Gasteiger partial charge in [0.1, 0.15) is 0 Å². The van der Waals surface area contributed by atoms with Gasteiger partial charge in [-0.2, -0.15) is 0 Å². The molecule has 0 radical (unpaired) electrons. The van der Waals surface area contributed by atoms with Crippen molar-refractivity contribution in [3.05, 3.63) is 12.7 Å². The lowest BCUT2D eigenvalue weighted by Gasteiger charge is -2.19. The minimum Gasteiger partial charge on any atom is -0.465 e. The minimum atomic E-state index is -1.04. The van der Waals surface area contributed by atoms with Gasteiger partial charge < -0.3 is 14.2 Å². The van der Waals surface area contributed by atoms with Gasteiger partial charge in [-0.05, 0) is 50.4 Å². The highest BCUT2D eigenvalue weighted by Crippen LogP contribution is 2.18. The fourth-order valence-electron chi connectivity index (χ4n) is 3.30. The molecular formula is C26H46O6. The van der Waals surface area contributed by atoms with Gasteiger partial charge in [0.05, 0.1) is 19.1 Å². The number of hydrogen-bond donors (Lipinski definition) is 0. The second-order valence-electron chi connectivity index (χ2n) is 9.28. The van der Waals surface area contributed by atoms with Gasteiger partial charge in [0.15, 0.2) is 6.10 Å². The van der Waals surface area contributed by atoms with Crippen LogP contribution >= 0.6 is 0 Å². The molecule has 0 spiro atoms. The van der Waals surface area contributed by atoms with Gasteiger partial charge >= 0.3 is 17.9 Å². The fraction of sp³-hybridized carbons (Fsp3) is 0.808. The molecule has 6 nitrogen and oxygen atoms in total. The highest BCUT2D eigenvalue weighted by Gasteiger charge is 2.27. The van der Waals surface area contributed by atoms with E-state index in [-0.39, 0.29) is 18.3 Å². The Morgan fingerprint density at radius 1 is 0.750 bits per heavy atom. The van der Waals surface area contributed by atoms with Gasteiger partial charge in [-0.25, -0.2) is 9.59 Å². The largest absolute Gasteiger partial charge is 0.465 e. The molecule has 0 aromatic carbocycles. The lowest BCUT2D eigenvalue weighted by Crippen LogP contribution is -2.30. The van der Waals surface area contributed by atoms with E-state index in [1.165, 1.54) is 0 Å². The Hall–Kier alpha value is -1.85. The van der Waals surface area contributed by atoms with Crippen molar-refractivity contribution < 1.29 is 28.6 Å². The number of carbonyl (C=O) groups is 3. The summed E-state index contributed by atoms with van der Waals surface area (Å²) < 4.78 is 15.9. The van der Waals surface area contributed by atoms with Crippen LogP contribution in [-0.2, 0) is 28.6 Å². The molecule has 2 unspecified atom stereocenters. The molecule has 0 bridgehead atoms. The maximum Gasteiger partial charge on any atom is 0.347 e. The molecule has 6 heteroatoms. The van der Waals surface area contributed by atoms with Crippen molar-refractivity contribution in [2.24, 2.45) is 17.8 Å². The summed E-state index contributed by atoms with van der Waals surface area (Å²) in [6.07, 6.45) is 8.20. The molecule has 0 N–H and O–H groups in total. The predicted octanol–water partition coefficient (Wildman–Crippen LogP) is 6.02. The molecule has 32 heavy (non-hydrogen) atoms. The Kier molecular flexibility index (Phi) is 17.6. The summed E-state index contributed by atoms with van der Waals surface area (Å²) in [4.78, 5) is 36.5. The first-order valence-electron chi connectivity index (χ1n) is 12.4. The average molecular weight is 455 g/mol. The fourth-order valence-corrected chi connectivity index (χ4v) is 3.30. The molecule has 0 aliphatic rings. The van der Waals surface area contributed by atoms with E-state index in [1.807, 2.05) is 6.92 Å². The first kappa shape index (κ1) is 30.1. The zero-order valence-corrected chi connectivity index (χ0v) is 21.0. The van der Waals surface area contributed by atoms with Gasteiger partial charge in [0.25, 0.3) is 0 Å². The topological polar surface area (TPSA) is 78.9 Å². The summed E-state index contributed by atoms with van der Waals surface area (Å²) in [6, 6.07) is 0. The normalized spacial score (nSPS) is 13.0. The number of hydrogen-bond acceptors (Lipinski definition) is 6. The van der Waals surface area contributed by atoms with Crippen LogP contribution in [0.25, 0.3) is 0 Å². The third-order valence-electron chi connectivity index (χ3n) is 5.38. The summed E-state index contributed by atoms with van der Waals surface area (Å²) in [5, 5.41) is 0. The van der Waals surface area contributed by atoms with Crippen molar-refractivity contribution in [3.8, 4) is 0 Å². The minimum absolute atomic E-state index is 0.215. The van der Waals surface area contributed by atoms with Gasteiger partial charge in [0, 0.05) is 6.08 Å². The van der Waals surface area contributed by atoms with Crippen LogP contribution in [0.2, 0.25) is 0 Å². The summed E-state index contributed by atoms with van der Waals surface area (Å²) >= 11 is 0. The van der Waals surface area contributed by atoms with Crippen LogP contribution in [0, 0.1) is 17.8 Å². The van der Waals surface area contributed by atoms with E-state index >= 15 is 0 Å². The number of rotatable bonds is 19. The monoisotopic (exact) mass is 454 g/mol. The molecule has 0 aliphatic carbocycles. The van der Waals surface area contributed by atoms with Crippen LogP contribution in [0.4, 0.5) is 0 Å². The van der Waals surface area contributed by atoms with Gasteiger partial charge in [-0.1, -0.05) is 66.9 Å². The van der Waals surface area contributed by atoms with Crippen molar-refractivity contribution in [1.82, 2.24) is 0 Å². The van der Waals surface area contributed by atoms with Crippen molar-refractivity contribution in [3.63, 3.8) is 0 Å². The summed E-state index contributed by atoms with van der Waals surface area (Å²) in [5.41, 5.74) is 0. The molecule has 0 saturated carbocycles. The van der Waals surface area contributed by atoms with Crippen LogP contribution in [0.5, 0.6) is 0 Å². The SMILES string of the molecule is C=CC(=O)OC(CCC(CC)C(=O)OCCCCC(C)C)C(=O)OCCCCCC(C)C. The highest BCUT2D eigenvalue weighted by molar-refractivity contribution is 5.85. The van der Waals surface area contributed by atoms with E-state index in [0.29, 0.717) is 37.9 Å². The Morgan fingerprint density at radius 3 is 1.81 bits per heavy atom. The molecule has 0 saturated heterocycles. The van der Waals surface area contributed by atoms with Crippen LogP contribution < -0.4 is 0 Å². The van der Waals surface area contributed by atoms with Crippen molar-refractivity contribution >= 4 is 17.9 Å². The van der Waals surface area contributed by atoms with Crippen molar-refractivity contribution in [2.45, 2.75) is 105 Å². The van der Waals surface area contributed by atoms with Crippen LogP contribution in [0.15, 0.2) is 12.7 Å². The maximum atomic E-state index is 12.5. The van der Waals surface area contributed by atoms with Crippen LogP contribution in [0.3, 0.4) is 0 Å². The third kappa shape index (κ3) is 15.9. The summed E-state index contributed by atoms with van der Waals surface area (Å²) in [5.74, 6) is -0.536. The highest BCUT2D eigenvalue weighted by atomic mass is 16.6. The first-order chi connectivity index (χ1) is 15.2. The van der Waals surface area contributed by atoms with E-state index in [2.05, 4.69) is 34.3 Å². The quantitative estimate of drug-likeness (QED) is 0.103. The van der Waals surface area contributed by atoms with E-state index in [0.717, 1.165) is 51.0 Å². The number of unbranched alkanes of at least 4 members (excludes halogenated alkanes) is 3. The van der Waals surface area contributed by atoms with Crippen molar-refractivity contribution in [1.29, 1.82) is 0 Å². The van der Waals surface area contributed by atoms with E-state index in [4.69, 9.17) is 14.2 Å². The van der Waals surface area contributed by atoms with E-state index in [9.17, 15) is 14.4 Å². The molecule has 0 heterocycles. The molecule has 2 atom stereocenters. The molecule has 0 aromatic rings. The molecule has 0 rings (SSSR count). The van der Waals surface area contributed by atoms with Crippen LogP contribution in [0.1, 0.15) is 98.8 Å². The molecule has 0 amide bonds. The van der Waals surface area contributed by atoms with Gasteiger partial charge in [-0.15, -0.1) is 0 Å². The molecule has 0 aromatic heterocycles. The molecule has 0 fully saturated rings. The lowest BCUT2D eigenvalue weighted by molar-refractivity contribution is -0.166. The van der Waals surface area contributed by atoms with E-state index < -0.39 is 18.0 Å². The first-order valence-corrected chi connectivity index (χ1v) is 12.4. The molecular weight excluding hydrogens is 408 g/mol. The van der Waals surface area contributed by atoms with Crippen molar-refractivity contribution in [2.75, 3.05) is 13.2 Å². The Balaban J connectivity index is 4.51. The average Bonchev–Trinajstić information content (AvgIpc) is 2.74. The van der Waals surface area contributed by atoms with Gasteiger partial charge in [-0.3, -0.25) is 4.79 Å². The Bertz CT molecular complexity index is 540. The number of carbonyl (C=O) groups excluding carboxylic acids is 3. The third-order valence-corrected chi connectivity index (χ3v) is 5.38. The maximum absolute atomic E-state index is 12.5. The lowest BCUT2D eigenvalue weighted by atomic mass is 9.98. The Labute approximate surface area is 195 Å². The predicted molar refractivity (Wildman–Crippen MR) is 127 cm³/mol. The Morgan fingerprint density at radius 2 is 1.28 bits per heavy atom. The smallest absolute Gasteiger partial charge is 0.347 e. The number of esters is 3. The van der Waals surface area contributed by atoms with Crippen LogP contribution in [-0.4, -0.2) is 37.2 Å².